The van der Waals surface area contributed by atoms with E-state index in [9.17, 15) is 14.4 Å². The van der Waals surface area contributed by atoms with Crippen LogP contribution in [-0.2, 0) is 42.6 Å². The van der Waals surface area contributed by atoms with Crippen LogP contribution >= 0.6 is 0 Å². The molecule has 0 aliphatic rings. The van der Waals surface area contributed by atoms with Crippen LogP contribution in [0.15, 0.2) is 0 Å². The highest BCUT2D eigenvalue weighted by Crippen LogP contribution is 2.05. The molecule has 0 spiro atoms. The molecule has 0 aromatic rings. The van der Waals surface area contributed by atoms with E-state index >= 15 is 0 Å². The van der Waals surface area contributed by atoms with Gasteiger partial charge < -0.3 is 58.0 Å². The van der Waals surface area contributed by atoms with Gasteiger partial charge >= 0.3 is 18.5 Å². The highest BCUT2D eigenvalue weighted by molar-refractivity contribution is 5.60. The maximum absolute atomic E-state index is 11.6. The molecule has 0 aliphatic heterocycles. The van der Waals surface area contributed by atoms with Crippen LogP contribution in [0.3, 0.4) is 0 Å². The van der Waals surface area contributed by atoms with Crippen molar-refractivity contribution in [2.75, 3.05) is 59.5 Å². The highest BCUT2D eigenvalue weighted by Gasteiger charge is 2.19. The van der Waals surface area contributed by atoms with Crippen molar-refractivity contribution in [3.05, 3.63) is 0 Å². The molecule has 0 radical (unpaired) electrons. The van der Waals surface area contributed by atoms with Crippen LogP contribution in [0.4, 0.5) is 14.4 Å². The highest BCUT2D eigenvalue weighted by atomic mass is 16.7. The first-order valence-electron chi connectivity index (χ1n) is 12.2. The summed E-state index contributed by atoms with van der Waals surface area (Å²) >= 11 is 0. The van der Waals surface area contributed by atoms with Gasteiger partial charge in [-0.25, -0.2) is 14.4 Å². The summed E-state index contributed by atoms with van der Waals surface area (Å²) in [5.41, 5.74) is 0. The molecule has 0 aromatic heterocycles. The van der Waals surface area contributed by atoms with Crippen molar-refractivity contribution in [3.63, 3.8) is 0 Å². The van der Waals surface area contributed by atoms with Gasteiger partial charge in [0, 0.05) is 0 Å². The molecule has 0 bridgehead atoms. The van der Waals surface area contributed by atoms with Crippen LogP contribution < -0.4 is 0 Å². The zero-order valence-corrected chi connectivity index (χ0v) is 22.6. The van der Waals surface area contributed by atoms with Crippen molar-refractivity contribution in [2.24, 2.45) is 0 Å². The van der Waals surface area contributed by atoms with E-state index in [-0.39, 0.29) is 59.5 Å². The van der Waals surface area contributed by atoms with Crippen molar-refractivity contribution in [1.82, 2.24) is 0 Å². The lowest BCUT2D eigenvalue weighted by Gasteiger charge is -2.22. The van der Waals surface area contributed by atoms with E-state index in [1.807, 2.05) is 0 Å². The fourth-order valence-electron chi connectivity index (χ4n) is 2.35. The van der Waals surface area contributed by atoms with Crippen LogP contribution in [0.2, 0.25) is 0 Å². The van der Waals surface area contributed by atoms with Gasteiger partial charge in [0.15, 0.2) is 0 Å². The summed E-state index contributed by atoms with van der Waals surface area (Å²) in [6, 6.07) is 0. The molecule has 15 heteroatoms. The Kier molecular flexibility index (Phi) is 20.1. The minimum Gasteiger partial charge on any atom is -0.432 e. The Morgan fingerprint density at radius 2 is 0.974 bits per heavy atom. The number of aliphatic hydroxyl groups excluding tert-OH is 3. The summed E-state index contributed by atoms with van der Waals surface area (Å²) in [5, 5.41) is 27.0. The molecule has 0 amide bonds. The van der Waals surface area contributed by atoms with Gasteiger partial charge in [0.25, 0.3) is 0 Å². The van der Waals surface area contributed by atoms with E-state index in [4.69, 9.17) is 53.2 Å². The number of aliphatic hydroxyl groups is 3. The Hall–Kier alpha value is -2.43. The van der Waals surface area contributed by atoms with Crippen molar-refractivity contribution in [1.29, 1.82) is 0 Å². The molecule has 0 aromatic carbocycles. The maximum Gasteiger partial charge on any atom is 0.508 e. The normalized spacial score (nSPS) is 15.8. The van der Waals surface area contributed by atoms with Crippen LogP contribution in [0.1, 0.15) is 34.6 Å². The molecule has 5 unspecified atom stereocenters. The topological polar surface area (TPSA) is 195 Å². The molecule has 15 nitrogen and oxygen atoms in total. The second-order valence-corrected chi connectivity index (χ2v) is 8.46. The lowest BCUT2D eigenvalue weighted by Crippen LogP contribution is -2.33. The van der Waals surface area contributed by atoms with Gasteiger partial charge in [-0.05, 0) is 34.6 Å². The SMILES string of the molecule is CC(O)COC(=O)OC(C)COCC(COCC(C)OC(=O)OCC(C)O)OCC(C)OC(=O)OCCO. The average molecular weight is 559 g/mol. The van der Waals surface area contributed by atoms with Crippen LogP contribution in [-0.4, -0.2) is 130 Å². The largest absolute Gasteiger partial charge is 0.508 e. The van der Waals surface area contributed by atoms with Gasteiger partial charge in [-0.15, -0.1) is 0 Å². The maximum atomic E-state index is 11.6. The minimum atomic E-state index is -0.957. The second kappa shape index (κ2) is 21.5. The quantitative estimate of drug-likeness (QED) is 0.140. The van der Waals surface area contributed by atoms with E-state index in [0.717, 1.165) is 0 Å². The van der Waals surface area contributed by atoms with Gasteiger partial charge in [0.2, 0.25) is 0 Å². The third-order valence-electron chi connectivity index (χ3n) is 3.97. The predicted molar refractivity (Wildman–Crippen MR) is 128 cm³/mol. The van der Waals surface area contributed by atoms with E-state index in [1.54, 1.807) is 20.8 Å². The minimum absolute atomic E-state index is 0.00217. The van der Waals surface area contributed by atoms with E-state index < -0.39 is 55.1 Å². The number of hydrogen-bond acceptors (Lipinski definition) is 15. The van der Waals surface area contributed by atoms with E-state index in [0.29, 0.717) is 0 Å². The number of carbonyl (C=O) groups is 3. The fraction of sp³-hybridized carbons (Fsp3) is 0.870. The van der Waals surface area contributed by atoms with Crippen LogP contribution in [0, 0.1) is 0 Å². The van der Waals surface area contributed by atoms with E-state index in [2.05, 4.69) is 4.74 Å². The van der Waals surface area contributed by atoms with Gasteiger partial charge in [0.1, 0.15) is 44.2 Å². The summed E-state index contributed by atoms with van der Waals surface area (Å²) in [4.78, 5) is 34.6. The van der Waals surface area contributed by atoms with Crippen LogP contribution in [0.25, 0.3) is 0 Å². The van der Waals surface area contributed by atoms with Crippen molar-refractivity contribution < 1.29 is 72.3 Å². The van der Waals surface area contributed by atoms with Crippen LogP contribution in [0.5, 0.6) is 0 Å². The molecule has 0 saturated heterocycles. The number of rotatable bonds is 20. The molecular weight excluding hydrogens is 516 g/mol. The standard InChI is InChI=1S/C23H42O15/c1-15(25)8-34-22(28)36-17(3)10-30-13-20(33-12-19(5)38-21(27)32-7-6-24)14-31-11-18(4)37-23(29)35-9-16(2)26/h15-20,24-26H,6-14H2,1-5H3. The first-order chi connectivity index (χ1) is 17.9. The summed E-state index contributed by atoms with van der Waals surface area (Å²) in [6.45, 7) is 6.69. The first kappa shape index (κ1) is 35.6. The fourth-order valence-corrected chi connectivity index (χ4v) is 2.35. The Bertz CT molecular complexity index is 604. The molecule has 0 saturated carbocycles. The molecule has 0 fully saturated rings. The van der Waals surface area contributed by atoms with Gasteiger partial charge in [-0.2, -0.15) is 0 Å². The molecule has 5 atom stereocenters. The molecule has 0 aliphatic carbocycles. The smallest absolute Gasteiger partial charge is 0.432 e. The lowest BCUT2D eigenvalue weighted by molar-refractivity contribution is -0.102. The van der Waals surface area contributed by atoms with Gasteiger partial charge in [-0.1, -0.05) is 0 Å². The molecular formula is C23H42O15. The van der Waals surface area contributed by atoms with Crippen molar-refractivity contribution in [3.8, 4) is 0 Å². The zero-order chi connectivity index (χ0) is 28.9. The van der Waals surface area contributed by atoms with Crippen molar-refractivity contribution in [2.45, 2.75) is 71.2 Å². The monoisotopic (exact) mass is 558 g/mol. The molecule has 3 N–H and O–H groups in total. The number of hydrogen-bond donors (Lipinski definition) is 3. The average Bonchev–Trinajstić information content (AvgIpc) is 2.83. The first-order valence-corrected chi connectivity index (χ1v) is 12.2. The van der Waals surface area contributed by atoms with Gasteiger partial charge in [-0.3, -0.25) is 0 Å². The Balaban J connectivity index is 4.63. The van der Waals surface area contributed by atoms with Crippen molar-refractivity contribution >= 4 is 18.5 Å². The predicted octanol–water partition coefficient (Wildman–Crippen LogP) is 0.784. The summed E-state index contributed by atoms with van der Waals surface area (Å²) in [6.07, 6.45) is -7.17. The summed E-state index contributed by atoms with van der Waals surface area (Å²) < 4.78 is 45.9. The molecule has 38 heavy (non-hydrogen) atoms. The third-order valence-corrected chi connectivity index (χ3v) is 3.97. The number of carbonyl (C=O) groups excluding carboxylic acids is 3. The van der Waals surface area contributed by atoms with Gasteiger partial charge in [0.05, 0.1) is 51.8 Å². The molecule has 0 heterocycles. The summed E-state index contributed by atoms with van der Waals surface area (Å²) in [7, 11) is 0. The Labute approximate surface area is 222 Å². The third kappa shape index (κ3) is 21.6. The zero-order valence-electron chi connectivity index (χ0n) is 22.6. The Morgan fingerprint density at radius 1 is 0.579 bits per heavy atom. The molecule has 0 rings (SSSR count). The number of ether oxygens (including phenoxy) is 9. The van der Waals surface area contributed by atoms with E-state index in [1.165, 1.54) is 13.8 Å². The molecule has 224 valence electrons. The summed E-state index contributed by atoms with van der Waals surface area (Å²) in [5.74, 6) is 0. The second-order valence-electron chi connectivity index (χ2n) is 8.46. The Morgan fingerprint density at radius 3 is 1.37 bits per heavy atom. The lowest BCUT2D eigenvalue weighted by atomic mass is 10.3.